The molecule has 0 bridgehead atoms. The molecule has 3 N–H and O–H groups in total. The summed E-state index contributed by atoms with van der Waals surface area (Å²) >= 11 is 0. The molecule has 1 aliphatic rings. The van der Waals surface area contributed by atoms with Gasteiger partial charge < -0.3 is 15.7 Å². The maximum atomic E-state index is 12.2. The number of hydrogen-bond donors (Lipinski definition) is 3. The summed E-state index contributed by atoms with van der Waals surface area (Å²) in [5.74, 6) is -1.55. The summed E-state index contributed by atoms with van der Waals surface area (Å²) in [6, 6.07) is 5.56. The van der Waals surface area contributed by atoms with Crippen molar-refractivity contribution in [2.75, 3.05) is 5.32 Å². The first kappa shape index (κ1) is 17.0. The Labute approximate surface area is 135 Å². The molecule has 0 unspecified atom stereocenters. The number of amides is 2. The second-order valence-electron chi connectivity index (χ2n) is 5.94. The number of rotatable bonds is 5. The minimum Gasteiger partial charge on any atom is -0.480 e. The monoisotopic (exact) mass is 318 g/mol. The van der Waals surface area contributed by atoms with Gasteiger partial charge in [0, 0.05) is 17.2 Å². The summed E-state index contributed by atoms with van der Waals surface area (Å²) in [5.41, 5.74) is 0.871. The topological polar surface area (TPSA) is 95.5 Å². The van der Waals surface area contributed by atoms with Crippen LogP contribution in [0.2, 0.25) is 0 Å². The van der Waals surface area contributed by atoms with E-state index in [0.29, 0.717) is 11.3 Å². The maximum Gasteiger partial charge on any atom is 0.325 e. The van der Waals surface area contributed by atoms with Crippen LogP contribution in [-0.4, -0.2) is 28.9 Å². The third-order valence-electron chi connectivity index (χ3n) is 4.09. The van der Waals surface area contributed by atoms with E-state index < -0.39 is 17.9 Å². The van der Waals surface area contributed by atoms with E-state index in [-0.39, 0.29) is 11.8 Å². The molecule has 1 aromatic rings. The number of carbonyl (C=O) groups is 3. The van der Waals surface area contributed by atoms with E-state index in [1.54, 1.807) is 24.3 Å². The van der Waals surface area contributed by atoms with E-state index in [4.69, 9.17) is 5.11 Å². The van der Waals surface area contributed by atoms with Gasteiger partial charge in [0.05, 0.1) is 0 Å². The van der Waals surface area contributed by atoms with Crippen LogP contribution >= 0.6 is 0 Å². The van der Waals surface area contributed by atoms with Crippen molar-refractivity contribution in [2.45, 2.75) is 45.1 Å². The standard InChI is InChI=1S/C17H22N2O4/c1-11(17(22)23)18-16(21)13-8-5-9-14(10-13)19-15(20)12-6-3-2-4-7-12/h5,8-12H,2-4,6-7H2,1H3,(H,18,21)(H,19,20)(H,22,23)/t11-/m0/s1. The number of aliphatic carboxylic acids is 1. The van der Waals surface area contributed by atoms with E-state index in [9.17, 15) is 14.4 Å². The van der Waals surface area contributed by atoms with Crippen molar-refractivity contribution >= 4 is 23.5 Å². The van der Waals surface area contributed by atoms with Gasteiger partial charge in [-0.25, -0.2) is 0 Å². The predicted octanol–water partition coefficient (Wildman–Crippen LogP) is 2.41. The molecule has 0 saturated heterocycles. The van der Waals surface area contributed by atoms with Gasteiger partial charge in [-0.05, 0) is 38.0 Å². The lowest BCUT2D eigenvalue weighted by Gasteiger charge is -2.20. The van der Waals surface area contributed by atoms with E-state index in [2.05, 4.69) is 10.6 Å². The SMILES string of the molecule is C[C@H](NC(=O)c1cccc(NC(=O)C2CCCCC2)c1)C(=O)O. The number of carboxylic acid groups (broad SMARTS) is 1. The number of benzene rings is 1. The molecule has 1 saturated carbocycles. The molecule has 2 rings (SSSR count). The molecule has 1 aromatic carbocycles. The Bertz CT molecular complexity index is 594. The number of carboxylic acids is 1. The first-order valence-electron chi connectivity index (χ1n) is 7.92. The van der Waals surface area contributed by atoms with Crippen LogP contribution in [0.3, 0.4) is 0 Å². The molecule has 0 radical (unpaired) electrons. The van der Waals surface area contributed by atoms with Gasteiger partial charge in [0.25, 0.3) is 5.91 Å². The smallest absolute Gasteiger partial charge is 0.325 e. The van der Waals surface area contributed by atoms with Gasteiger partial charge in [-0.15, -0.1) is 0 Å². The molecule has 2 amide bonds. The average molecular weight is 318 g/mol. The lowest BCUT2D eigenvalue weighted by atomic mass is 9.88. The fourth-order valence-electron chi connectivity index (χ4n) is 2.69. The van der Waals surface area contributed by atoms with Crippen LogP contribution in [0.4, 0.5) is 5.69 Å². The third-order valence-corrected chi connectivity index (χ3v) is 4.09. The van der Waals surface area contributed by atoms with Gasteiger partial charge in [-0.3, -0.25) is 14.4 Å². The molecular weight excluding hydrogens is 296 g/mol. The molecule has 0 spiro atoms. The van der Waals surface area contributed by atoms with Crippen molar-refractivity contribution in [3.8, 4) is 0 Å². The van der Waals surface area contributed by atoms with Crippen molar-refractivity contribution in [3.63, 3.8) is 0 Å². The zero-order valence-corrected chi connectivity index (χ0v) is 13.2. The number of hydrogen-bond acceptors (Lipinski definition) is 3. The molecule has 124 valence electrons. The van der Waals surface area contributed by atoms with E-state index in [1.807, 2.05) is 0 Å². The Morgan fingerprint density at radius 3 is 2.52 bits per heavy atom. The van der Waals surface area contributed by atoms with Gasteiger partial charge >= 0.3 is 5.97 Å². The van der Waals surface area contributed by atoms with Crippen LogP contribution < -0.4 is 10.6 Å². The highest BCUT2D eigenvalue weighted by atomic mass is 16.4. The Balaban J connectivity index is 2.00. The summed E-state index contributed by atoms with van der Waals surface area (Å²) < 4.78 is 0. The number of anilines is 1. The molecule has 6 nitrogen and oxygen atoms in total. The van der Waals surface area contributed by atoms with Gasteiger partial charge in [0.1, 0.15) is 6.04 Å². The molecule has 1 atom stereocenters. The Morgan fingerprint density at radius 2 is 1.87 bits per heavy atom. The lowest BCUT2D eigenvalue weighted by molar-refractivity contribution is -0.138. The highest BCUT2D eigenvalue weighted by Crippen LogP contribution is 2.25. The predicted molar refractivity (Wildman–Crippen MR) is 86.2 cm³/mol. The van der Waals surface area contributed by atoms with Crippen molar-refractivity contribution in [2.24, 2.45) is 5.92 Å². The van der Waals surface area contributed by atoms with Gasteiger partial charge in [0.2, 0.25) is 5.91 Å². The summed E-state index contributed by atoms with van der Waals surface area (Å²) in [7, 11) is 0. The fourth-order valence-corrected chi connectivity index (χ4v) is 2.69. The van der Waals surface area contributed by atoms with Crippen LogP contribution in [0, 0.1) is 5.92 Å². The van der Waals surface area contributed by atoms with Crippen molar-refractivity contribution < 1.29 is 19.5 Å². The fraction of sp³-hybridized carbons (Fsp3) is 0.471. The Kier molecular flexibility index (Phi) is 5.73. The second-order valence-corrected chi connectivity index (χ2v) is 5.94. The molecule has 1 fully saturated rings. The largest absolute Gasteiger partial charge is 0.480 e. The minimum absolute atomic E-state index is 0.0128. The van der Waals surface area contributed by atoms with Gasteiger partial charge in [-0.2, -0.15) is 0 Å². The minimum atomic E-state index is -1.10. The first-order chi connectivity index (χ1) is 11.0. The van der Waals surface area contributed by atoms with E-state index >= 15 is 0 Å². The van der Waals surface area contributed by atoms with Crippen LogP contribution in [0.5, 0.6) is 0 Å². The normalized spacial score (nSPS) is 16.4. The Morgan fingerprint density at radius 1 is 1.17 bits per heavy atom. The average Bonchev–Trinajstić information content (AvgIpc) is 2.55. The molecular formula is C17H22N2O4. The van der Waals surface area contributed by atoms with Crippen LogP contribution in [0.1, 0.15) is 49.4 Å². The molecule has 1 aliphatic carbocycles. The van der Waals surface area contributed by atoms with Crippen molar-refractivity contribution in [1.29, 1.82) is 0 Å². The van der Waals surface area contributed by atoms with Crippen LogP contribution in [0.15, 0.2) is 24.3 Å². The van der Waals surface area contributed by atoms with Crippen LogP contribution in [-0.2, 0) is 9.59 Å². The van der Waals surface area contributed by atoms with Crippen molar-refractivity contribution in [1.82, 2.24) is 5.32 Å². The molecule has 0 aliphatic heterocycles. The summed E-state index contributed by atoms with van der Waals surface area (Å²) in [4.78, 5) is 35.0. The third kappa shape index (κ3) is 4.81. The molecule has 0 heterocycles. The maximum absolute atomic E-state index is 12.2. The number of carbonyl (C=O) groups excluding carboxylic acids is 2. The second kappa shape index (κ2) is 7.76. The van der Waals surface area contributed by atoms with Crippen molar-refractivity contribution in [3.05, 3.63) is 29.8 Å². The van der Waals surface area contributed by atoms with Gasteiger partial charge in [0.15, 0.2) is 0 Å². The molecule has 0 aromatic heterocycles. The highest BCUT2D eigenvalue weighted by molar-refractivity contribution is 5.99. The quantitative estimate of drug-likeness (QED) is 0.777. The number of nitrogens with one attached hydrogen (secondary N) is 2. The van der Waals surface area contributed by atoms with Gasteiger partial charge in [-0.1, -0.05) is 25.3 Å². The molecule has 6 heteroatoms. The first-order valence-corrected chi connectivity index (χ1v) is 7.92. The molecule has 23 heavy (non-hydrogen) atoms. The highest BCUT2D eigenvalue weighted by Gasteiger charge is 2.21. The van der Waals surface area contributed by atoms with E-state index in [0.717, 1.165) is 25.7 Å². The lowest BCUT2D eigenvalue weighted by Crippen LogP contribution is -2.38. The van der Waals surface area contributed by atoms with Crippen LogP contribution in [0.25, 0.3) is 0 Å². The summed E-state index contributed by atoms with van der Waals surface area (Å²) in [6.07, 6.45) is 5.15. The summed E-state index contributed by atoms with van der Waals surface area (Å²) in [5, 5.41) is 14.1. The van der Waals surface area contributed by atoms with E-state index in [1.165, 1.54) is 13.3 Å². The summed E-state index contributed by atoms with van der Waals surface area (Å²) in [6.45, 7) is 1.40. The Hall–Kier alpha value is -2.37. The zero-order valence-electron chi connectivity index (χ0n) is 13.2. The zero-order chi connectivity index (χ0) is 16.8.